The van der Waals surface area contributed by atoms with Gasteiger partial charge in [0.15, 0.2) is 6.61 Å². The molecule has 2 aromatic carbocycles. The Morgan fingerprint density at radius 3 is 2.60 bits per heavy atom. The predicted octanol–water partition coefficient (Wildman–Crippen LogP) is 3.76. The molecular formula is C19H18ClNO4. The summed E-state index contributed by atoms with van der Waals surface area (Å²) in [6.07, 6.45) is 1.45. The number of carbonyl (C=O) groups excluding carboxylic acids is 2. The summed E-state index contributed by atoms with van der Waals surface area (Å²) in [6, 6.07) is 12.1. The second-order valence-electron chi connectivity index (χ2n) is 5.82. The van der Waals surface area contributed by atoms with Crippen molar-refractivity contribution in [1.29, 1.82) is 0 Å². The van der Waals surface area contributed by atoms with E-state index >= 15 is 0 Å². The first-order valence-corrected chi connectivity index (χ1v) is 8.41. The van der Waals surface area contributed by atoms with Crippen molar-refractivity contribution in [3.63, 3.8) is 0 Å². The van der Waals surface area contributed by atoms with Gasteiger partial charge in [-0.3, -0.25) is 4.79 Å². The van der Waals surface area contributed by atoms with Gasteiger partial charge < -0.3 is 14.4 Å². The Bertz CT molecular complexity index is 789. The van der Waals surface area contributed by atoms with E-state index in [9.17, 15) is 9.59 Å². The molecule has 0 bridgehead atoms. The maximum absolute atomic E-state index is 11.9. The van der Waals surface area contributed by atoms with Crippen LogP contribution >= 0.6 is 11.6 Å². The molecule has 1 amide bonds. The van der Waals surface area contributed by atoms with Gasteiger partial charge in [-0.15, -0.1) is 0 Å². The van der Waals surface area contributed by atoms with Crippen LogP contribution < -0.4 is 14.4 Å². The van der Waals surface area contributed by atoms with Crippen LogP contribution in [0.1, 0.15) is 18.4 Å². The molecule has 0 atom stereocenters. The Kier molecular flexibility index (Phi) is 5.24. The molecular weight excluding hydrogens is 342 g/mol. The lowest BCUT2D eigenvalue weighted by Crippen LogP contribution is -2.23. The summed E-state index contributed by atoms with van der Waals surface area (Å²) in [5.41, 5.74) is 1.66. The molecule has 5 nitrogen and oxygen atoms in total. The van der Waals surface area contributed by atoms with Gasteiger partial charge in [0.2, 0.25) is 5.91 Å². The monoisotopic (exact) mass is 359 g/mol. The van der Waals surface area contributed by atoms with E-state index in [1.165, 1.54) is 0 Å². The number of nitrogens with zero attached hydrogens (tertiary/aromatic N) is 1. The number of aryl methyl sites for hydroxylation is 1. The zero-order valence-corrected chi connectivity index (χ0v) is 14.6. The van der Waals surface area contributed by atoms with Crippen LogP contribution in [-0.2, 0) is 9.59 Å². The van der Waals surface area contributed by atoms with Crippen molar-refractivity contribution in [3.8, 4) is 11.5 Å². The van der Waals surface area contributed by atoms with Crippen LogP contribution in [0.2, 0.25) is 5.02 Å². The van der Waals surface area contributed by atoms with Crippen molar-refractivity contribution in [3.05, 3.63) is 53.1 Å². The molecule has 0 N–H and O–H groups in total. The lowest BCUT2D eigenvalue weighted by molar-refractivity contribution is -0.136. The highest BCUT2D eigenvalue weighted by Crippen LogP contribution is 2.24. The highest BCUT2D eigenvalue weighted by Gasteiger charge is 2.21. The topological polar surface area (TPSA) is 55.8 Å². The number of hydrogen-bond acceptors (Lipinski definition) is 4. The molecule has 0 radical (unpaired) electrons. The van der Waals surface area contributed by atoms with Crippen LogP contribution in [0.3, 0.4) is 0 Å². The third-order valence-corrected chi connectivity index (χ3v) is 4.17. The lowest BCUT2D eigenvalue weighted by atomic mass is 10.2. The molecule has 130 valence electrons. The lowest BCUT2D eigenvalue weighted by Gasteiger charge is -2.15. The SMILES string of the molecule is Cc1cc(Cl)ccc1OCC(=O)Oc1ccc(N2CCCC2=O)cc1. The normalized spacial score (nSPS) is 13.8. The Balaban J connectivity index is 1.55. The summed E-state index contributed by atoms with van der Waals surface area (Å²) in [4.78, 5) is 25.4. The Labute approximate surface area is 151 Å². The van der Waals surface area contributed by atoms with E-state index in [0.29, 0.717) is 22.9 Å². The molecule has 0 saturated carbocycles. The van der Waals surface area contributed by atoms with Crippen molar-refractivity contribution in [1.82, 2.24) is 0 Å². The average molecular weight is 360 g/mol. The zero-order chi connectivity index (χ0) is 17.8. The molecule has 0 spiro atoms. The van der Waals surface area contributed by atoms with Crippen molar-refractivity contribution < 1.29 is 19.1 Å². The van der Waals surface area contributed by atoms with Crippen LogP contribution in [0.25, 0.3) is 0 Å². The fraction of sp³-hybridized carbons (Fsp3) is 0.263. The van der Waals surface area contributed by atoms with Crippen molar-refractivity contribution in [2.75, 3.05) is 18.1 Å². The molecule has 0 aliphatic carbocycles. The number of rotatable bonds is 5. The summed E-state index contributed by atoms with van der Waals surface area (Å²) >= 11 is 5.88. The Morgan fingerprint density at radius 2 is 1.96 bits per heavy atom. The van der Waals surface area contributed by atoms with Gasteiger partial charge in [-0.05, 0) is 61.4 Å². The minimum Gasteiger partial charge on any atom is -0.482 e. The largest absolute Gasteiger partial charge is 0.482 e. The Hall–Kier alpha value is -2.53. The minimum absolute atomic E-state index is 0.122. The Morgan fingerprint density at radius 1 is 1.20 bits per heavy atom. The fourth-order valence-corrected chi connectivity index (χ4v) is 2.91. The van der Waals surface area contributed by atoms with Gasteiger partial charge in [0.25, 0.3) is 0 Å². The molecule has 6 heteroatoms. The first-order chi connectivity index (χ1) is 12.0. The van der Waals surface area contributed by atoms with Crippen LogP contribution in [0.5, 0.6) is 11.5 Å². The van der Waals surface area contributed by atoms with Gasteiger partial charge in [0.05, 0.1) is 0 Å². The van der Waals surface area contributed by atoms with Crippen LogP contribution in [0.4, 0.5) is 5.69 Å². The fourth-order valence-electron chi connectivity index (χ4n) is 2.69. The minimum atomic E-state index is -0.501. The number of halogens is 1. The molecule has 1 fully saturated rings. The zero-order valence-electron chi connectivity index (χ0n) is 13.8. The van der Waals surface area contributed by atoms with Crippen molar-refractivity contribution in [2.45, 2.75) is 19.8 Å². The van der Waals surface area contributed by atoms with Gasteiger partial charge in [-0.25, -0.2) is 4.79 Å². The van der Waals surface area contributed by atoms with E-state index in [1.54, 1.807) is 47.4 Å². The highest BCUT2D eigenvalue weighted by atomic mass is 35.5. The van der Waals surface area contributed by atoms with E-state index in [4.69, 9.17) is 21.1 Å². The van der Waals surface area contributed by atoms with Gasteiger partial charge in [-0.2, -0.15) is 0 Å². The van der Waals surface area contributed by atoms with Crippen molar-refractivity contribution in [2.24, 2.45) is 0 Å². The smallest absolute Gasteiger partial charge is 0.349 e. The number of anilines is 1. The second-order valence-corrected chi connectivity index (χ2v) is 6.25. The van der Waals surface area contributed by atoms with Crippen LogP contribution in [0.15, 0.2) is 42.5 Å². The molecule has 1 aliphatic rings. The molecule has 0 unspecified atom stereocenters. The number of amides is 1. The summed E-state index contributed by atoms with van der Waals surface area (Å²) in [5.74, 6) is 0.622. The number of carbonyl (C=O) groups is 2. The van der Waals surface area contributed by atoms with Crippen molar-refractivity contribution >= 4 is 29.2 Å². The van der Waals surface area contributed by atoms with E-state index in [1.807, 2.05) is 6.92 Å². The number of ether oxygens (including phenoxy) is 2. The molecule has 25 heavy (non-hydrogen) atoms. The van der Waals surface area contributed by atoms with Crippen LogP contribution in [-0.4, -0.2) is 25.0 Å². The van der Waals surface area contributed by atoms with E-state index in [-0.39, 0.29) is 12.5 Å². The first kappa shape index (κ1) is 17.3. The number of esters is 1. The third-order valence-electron chi connectivity index (χ3n) is 3.94. The maximum Gasteiger partial charge on any atom is 0.349 e. The van der Waals surface area contributed by atoms with Gasteiger partial charge in [-0.1, -0.05) is 11.6 Å². The third kappa shape index (κ3) is 4.31. The van der Waals surface area contributed by atoms with E-state index < -0.39 is 5.97 Å². The summed E-state index contributed by atoms with van der Waals surface area (Å²) in [7, 11) is 0. The molecule has 2 aromatic rings. The average Bonchev–Trinajstić information content (AvgIpc) is 3.01. The molecule has 1 saturated heterocycles. The number of hydrogen-bond donors (Lipinski definition) is 0. The quantitative estimate of drug-likeness (QED) is 0.602. The molecule has 0 aromatic heterocycles. The number of benzene rings is 2. The van der Waals surface area contributed by atoms with Gasteiger partial charge in [0, 0.05) is 23.7 Å². The van der Waals surface area contributed by atoms with Gasteiger partial charge in [0.1, 0.15) is 11.5 Å². The second kappa shape index (κ2) is 7.57. The highest BCUT2D eigenvalue weighted by molar-refractivity contribution is 6.30. The van der Waals surface area contributed by atoms with E-state index in [2.05, 4.69) is 0 Å². The molecule has 1 aliphatic heterocycles. The summed E-state index contributed by atoms with van der Waals surface area (Å²) in [6.45, 7) is 2.38. The molecule has 1 heterocycles. The molecule has 3 rings (SSSR count). The standard InChI is InChI=1S/C19H18ClNO4/c1-13-11-14(20)4-9-17(13)24-12-19(23)25-16-7-5-15(6-8-16)21-10-2-3-18(21)22/h4-9,11H,2-3,10,12H2,1H3. The van der Waals surface area contributed by atoms with E-state index in [0.717, 1.165) is 24.2 Å². The summed E-state index contributed by atoms with van der Waals surface area (Å²) < 4.78 is 10.7. The van der Waals surface area contributed by atoms with Crippen LogP contribution in [0, 0.1) is 6.92 Å². The van der Waals surface area contributed by atoms with Gasteiger partial charge >= 0.3 is 5.97 Å². The summed E-state index contributed by atoms with van der Waals surface area (Å²) in [5, 5.41) is 0.615. The predicted molar refractivity (Wildman–Crippen MR) is 95.3 cm³/mol. The first-order valence-electron chi connectivity index (χ1n) is 8.03. The maximum atomic E-state index is 11.9.